The first-order chi connectivity index (χ1) is 7.15. The molecule has 2 atom stereocenters. The SMILES string of the molecule is CCC(C)C(NC(=O)O)c1ccccc1. The third-order valence-corrected chi connectivity index (χ3v) is 2.65. The van der Waals surface area contributed by atoms with Crippen molar-refractivity contribution in [1.29, 1.82) is 0 Å². The molecule has 0 aliphatic carbocycles. The highest BCUT2D eigenvalue weighted by Crippen LogP contribution is 2.23. The van der Waals surface area contributed by atoms with Crippen molar-refractivity contribution in [3.63, 3.8) is 0 Å². The predicted molar refractivity (Wildman–Crippen MR) is 59.8 cm³/mol. The second kappa shape index (κ2) is 5.39. The Kier molecular flexibility index (Phi) is 4.16. The van der Waals surface area contributed by atoms with Gasteiger partial charge in [-0.2, -0.15) is 0 Å². The third-order valence-electron chi connectivity index (χ3n) is 2.65. The zero-order valence-electron chi connectivity index (χ0n) is 9.10. The number of hydrogen-bond acceptors (Lipinski definition) is 1. The Morgan fingerprint density at radius 2 is 2.00 bits per heavy atom. The number of benzene rings is 1. The molecule has 1 rings (SSSR count). The minimum atomic E-state index is -0.968. The Hall–Kier alpha value is -1.51. The molecule has 2 N–H and O–H groups in total. The first-order valence-corrected chi connectivity index (χ1v) is 5.19. The van der Waals surface area contributed by atoms with Crippen LogP contribution in [0.4, 0.5) is 4.79 Å². The lowest BCUT2D eigenvalue weighted by molar-refractivity contribution is 0.184. The maximum atomic E-state index is 10.7. The Morgan fingerprint density at radius 1 is 1.40 bits per heavy atom. The van der Waals surface area contributed by atoms with Gasteiger partial charge in [0.2, 0.25) is 0 Å². The number of carboxylic acid groups (broad SMARTS) is 1. The number of hydrogen-bond donors (Lipinski definition) is 2. The van der Waals surface area contributed by atoms with E-state index in [-0.39, 0.29) is 6.04 Å². The lowest BCUT2D eigenvalue weighted by Crippen LogP contribution is -2.31. The number of rotatable bonds is 4. The molecular weight excluding hydrogens is 190 g/mol. The summed E-state index contributed by atoms with van der Waals surface area (Å²) in [7, 11) is 0. The van der Waals surface area contributed by atoms with Crippen molar-refractivity contribution in [2.24, 2.45) is 5.92 Å². The van der Waals surface area contributed by atoms with Crippen LogP contribution in [0.3, 0.4) is 0 Å². The molecule has 82 valence electrons. The smallest absolute Gasteiger partial charge is 0.405 e. The Labute approximate surface area is 90.1 Å². The molecule has 3 heteroatoms. The standard InChI is InChI=1S/C12H17NO2/c1-3-9(2)11(13-12(14)15)10-7-5-4-6-8-10/h4-9,11,13H,3H2,1-2H3,(H,14,15). The third kappa shape index (κ3) is 3.27. The van der Waals surface area contributed by atoms with Crippen LogP contribution in [0.2, 0.25) is 0 Å². The van der Waals surface area contributed by atoms with Gasteiger partial charge in [-0.15, -0.1) is 0 Å². The van der Waals surface area contributed by atoms with E-state index in [0.29, 0.717) is 5.92 Å². The monoisotopic (exact) mass is 207 g/mol. The minimum absolute atomic E-state index is 0.117. The van der Waals surface area contributed by atoms with Crippen LogP contribution in [0.15, 0.2) is 30.3 Å². The summed E-state index contributed by atoms with van der Waals surface area (Å²) >= 11 is 0. The molecule has 1 aromatic carbocycles. The fraction of sp³-hybridized carbons (Fsp3) is 0.417. The highest BCUT2D eigenvalue weighted by atomic mass is 16.4. The molecule has 1 amide bonds. The van der Waals surface area contributed by atoms with E-state index in [9.17, 15) is 4.79 Å². The summed E-state index contributed by atoms with van der Waals surface area (Å²) in [5, 5.41) is 11.3. The van der Waals surface area contributed by atoms with E-state index < -0.39 is 6.09 Å². The second-order valence-electron chi connectivity index (χ2n) is 3.72. The zero-order valence-corrected chi connectivity index (χ0v) is 9.10. The average molecular weight is 207 g/mol. The second-order valence-corrected chi connectivity index (χ2v) is 3.72. The Morgan fingerprint density at radius 3 is 2.47 bits per heavy atom. The summed E-state index contributed by atoms with van der Waals surface area (Å²) in [6.07, 6.45) is -0.0241. The van der Waals surface area contributed by atoms with Gasteiger partial charge in [-0.05, 0) is 11.5 Å². The first kappa shape index (κ1) is 11.6. The van der Waals surface area contributed by atoms with Gasteiger partial charge >= 0.3 is 6.09 Å². The molecule has 0 aromatic heterocycles. The van der Waals surface area contributed by atoms with Gasteiger partial charge in [0.25, 0.3) is 0 Å². The summed E-state index contributed by atoms with van der Waals surface area (Å²) in [5.74, 6) is 0.295. The van der Waals surface area contributed by atoms with Crippen LogP contribution in [0, 0.1) is 5.92 Å². The van der Waals surface area contributed by atoms with E-state index in [1.807, 2.05) is 37.3 Å². The van der Waals surface area contributed by atoms with Gasteiger partial charge in [0, 0.05) is 0 Å². The normalized spacial score (nSPS) is 14.3. The van der Waals surface area contributed by atoms with Crippen LogP contribution in [-0.4, -0.2) is 11.2 Å². The first-order valence-electron chi connectivity index (χ1n) is 5.19. The van der Waals surface area contributed by atoms with E-state index in [1.165, 1.54) is 0 Å². The van der Waals surface area contributed by atoms with Crippen LogP contribution in [-0.2, 0) is 0 Å². The van der Waals surface area contributed by atoms with Gasteiger partial charge < -0.3 is 10.4 Å². The summed E-state index contributed by atoms with van der Waals surface area (Å²) in [4.78, 5) is 10.7. The van der Waals surface area contributed by atoms with E-state index >= 15 is 0 Å². The predicted octanol–water partition coefficient (Wildman–Crippen LogP) is 3.04. The van der Waals surface area contributed by atoms with Crippen molar-refractivity contribution in [2.45, 2.75) is 26.3 Å². The molecule has 1 aromatic rings. The van der Waals surface area contributed by atoms with Crippen molar-refractivity contribution in [3.05, 3.63) is 35.9 Å². The molecule has 0 fully saturated rings. The van der Waals surface area contributed by atoms with Gasteiger partial charge in [-0.25, -0.2) is 4.79 Å². The lowest BCUT2D eigenvalue weighted by Gasteiger charge is -2.23. The summed E-state index contributed by atoms with van der Waals surface area (Å²) < 4.78 is 0. The van der Waals surface area contributed by atoms with E-state index in [0.717, 1.165) is 12.0 Å². The largest absolute Gasteiger partial charge is 0.465 e. The van der Waals surface area contributed by atoms with Crippen LogP contribution < -0.4 is 5.32 Å². The van der Waals surface area contributed by atoms with E-state index in [4.69, 9.17) is 5.11 Å². The molecule has 0 radical (unpaired) electrons. The molecular formula is C12H17NO2. The topological polar surface area (TPSA) is 49.3 Å². The van der Waals surface area contributed by atoms with Crippen molar-refractivity contribution in [1.82, 2.24) is 5.32 Å². The van der Waals surface area contributed by atoms with Gasteiger partial charge in [-0.1, -0.05) is 50.6 Å². The van der Waals surface area contributed by atoms with Crippen LogP contribution in [0.25, 0.3) is 0 Å². The van der Waals surface area contributed by atoms with Crippen molar-refractivity contribution < 1.29 is 9.90 Å². The van der Waals surface area contributed by atoms with Crippen LogP contribution in [0.5, 0.6) is 0 Å². The molecule has 3 nitrogen and oxygen atoms in total. The number of amides is 1. The number of nitrogens with one attached hydrogen (secondary N) is 1. The van der Waals surface area contributed by atoms with Crippen molar-refractivity contribution >= 4 is 6.09 Å². The van der Waals surface area contributed by atoms with Crippen LogP contribution in [0.1, 0.15) is 31.9 Å². The molecule has 0 aliphatic rings. The minimum Gasteiger partial charge on any atom is -0.465 e. The van der Waals surface area contributed by atoms with Gasteiger partial charge in [0.1, 0.15) is 0 Å². The lowest BCUT2D eigenvalue weighted by atomic mass is 9.93. The maximum Gasteiger partial charge on any atom is 0.405 e. The van der Waals surface area contributed by atoms with Crippen LogP contribution >= 0.6 is 0 Å². The molecule has 0 bridgehead atoms. The molecule has 2 unspecified atom stereocenters. The molecule has 0 saturated heterocycles. The molecule has 0 spiro atoms. The van der Waals surface area contributed by atoms with Gasteiger partial charge in [-0.3, -0.25) is 0 Å². The summed E-state index contributed by atoms with van der Waals surface area (Å²) in [6, 6.07) is 9.56. The highest BCUT2D eigenvalue weighted by molar-refractivity contribution is 5.65. The molecule has 15 heavy (non-hydrogen) atoms. The highest BCUT2D eigenvalue weighted by Gasteiger charge is 2.19. The van der Waals surface area contributed by atoms with Gasteiger partial charge in [0.05, 0.1) is 6.04 Å². The molecule has 0 heterocycles. The number of carbonyl (C=O) groups is 1. The fourth-order valence-corrected chi connectivity index (χ4v) is 1.58. The maximum absolute atomic E-state index is 10.7. The fourth-order valence-electron chi connectivity index (χ4n) is 1.58. The van der Waals surface area contributed by atoms with E-state index in [2.05, 4.69) is 12.2 Å². The molecule has 0 saturated carbocycles. The quantitative estimate of drug-likeness (QED) is 0.797. The molecule has 0 aliphatic heterocycles. The average Bonchev–Trinajstić information content (AvgIpc) is 2.26. The van der Waals surface area contributed by atoms with Gasteiger partial charge in [0.15, 0.2) is 0 Å². The zero-order chi connectivity index (χ0) is 11.3. The van der Waals surface area contributed by atoms with Crippen molar-refractivity contribution in [2.75, 3.05) is 0 Å². The summed E-state index contributed by atoms with van der Waals surface area (Å²) in [6.45, 7) is 4.11. The summed E-state index contributed by atoms with van der Waals surface area (Å²) in [5.41, 5.74) is 1.02. The Balaban J connectivity index is 2.86. The van der Waals surface area contributed by atoms with E-state index in [1.54, 1.807) is 0 Å². The van der Waals surface area contributed by atoms with Crippen molar-refractivity contribution in [3.8, 4) is 0 Å². The Bertz CT molecular complexity index is 311.